The molecule has 1 unspecified atom stereocenters. The zero-order valence-electron chi connectivity index (χ0n) is 47.5. The van der Waals surface area contributed by atoms with E-state index in [2.05, 4.69) is 203 Å². The number of unbranched alkanes of at least 4 members (excludes halogenated alkanes) is 9. The first-order valence-electron chi connectivity index (χ1n) is 29.3. The number of esters is 3. The van der Waals surface area contributed by atoms with Crippen molar-refractivity contribution in [2.75, 3.05) is 13.2 Å². The van der Waals surface area contributed by atoms with E-state index in [0.717, 1.165) is 141 Å². The highest BCUT2D eigenvalue weighted by molar-refractivity contribution is 5.71. The second-order valence-electron chi connectivity index (χ2n) is 18.4. The highest BCUT2D eigenvalue weighted by Gasteiger charge is 2.19. The number of carbonyl (C=O) groups is 3. The molecule has 0 heterocycles. The van der Waals surface area contributed by atoms with Crippen LogP contribution in [0.2, 0.25) is 0 Å². The molecule has 0 N–H and O–H groups in total. The molecular formula is C69H104O6. The molecule has 0 aliphatic carbocycles. The van der Waals surface area contributed by atoms with Crippen LogP contribution in [0.25, 0.3) is 0 Å². The third kappa shape index (κ3) is 59.3. The summed E-state index contributed by atoms with van der Waals surface area (Å²) in [5.74, 6) is -1.08. The molecule has 0 amide bonds. The van der Waals surface area contributed by atoms with Crippen LogP contribution in [0.15, 0.2) is 182 Å². The van der Waals surface area contributed by atoms with Gasteiger partial charge < -0.3 is 14.2 Å². The van der Waals surface area contributed by atoms with Gasteiger partial charge in [0.2, 0.25) is 0 Å². The lowest BCUT2D eigenvalue weighted by Crippen LogP contribution is -2.30. The Balaban J connectivity index is 4.58. The van der Waals surface area contributed by atoms with Crippen LogP contribution in [0.1, 0.15) is 213 Å². The van der Waals surface area contributed by atoms with Gasteiger partial charge in [0.25, 0.3) is 0 Å². The maximum Gasteiger partial charge on any atom is 0.306 e. The summed E-state index contributed by atoms with van der Waals surface area (Å²) in [6.07, 6.45) is 91.8. The van der Waals surface area contributed by atoms with E-state index in [1.54, 1.807) is 0 Å². The van der Waals surface area contributed by atoms with Gasteiger partial charge >= 0.3 is 17.9 Å². The fourth-order valence-corrected chi connectivity index (χ4v) is 7.05. The number of ether oxygens (including phenoxy) is 3. The normalized spacial score (nSPS) is 13.5. The molecule has 75 heavy (non-hydrogen) atoms. The van der Waals surface area contributed by atoms with Crippen LogP contribution in [-0.2, 0) is 28.6 Å². The predicted octanol–water partition coefficient (Wildman–Crippen LogP) is 20.1. The second kappa shape index (κ2) is 61.1. The van der Waals surface area contributed by atoms with Crippen LogP contribution >= 0.6 is 0 Å². The van der Waals surface area contributed by atoms with E-state index < -0.39 is 12.1 Å². The number of hydrogen-bond donors (Lipinski definition) is 0. The standard InChI is InChI=1S/C69H104O6/c1-4-7-10-13-16-19-22-24-26-28-30-32-34-36-38-40-42-44-47-50-53-56-59-62-68(71)74-65-66(64-73-67(70)61-58-55-52-49-46-21-18-15-12-9-6-3)75-69(72)63-60-57-54-51-48-45-43-41-39-37-35-33-31-29-27-25-23-20-17-14-11-8-5-2/h7-8,10-11,15-20,24-27,30-33,36-39,42-45,50-51,53-54,66H,4-6,9,12-14,21-23,28-29,34-35,40-41,46-49,52,55-65H2,1-3H3/b10-7-,11-8-,18-15-,19-16-,20-17-,26-24-,27-25-,32-30-,33-31-,38-36-,39-37-,44-42-,45-43-,53-50-,54-51-. The van der Waals surface area contributed by atoms with E-state index in [4.69, 9.17) is 14.2 Å². The van der Waals surface area contributed by atoms with Gasteiger partial charge in [-0.05, 0) is 141 Å². The van der Waals surface area contributed by atoms with Gasteiger partial charge in [0.1, 0.15) is 13.2 Å². The summed E-state index contributed by atoms with van der Waals surface area (Å²) in [6, 6.07) is 0. The van der Waals surface area contributed by atoms with Crippen molar-refractivity contribution in [1.29, 1.82) is 0 Å². The van der Waals surface area contributed by atoms with Crippen molar-refractivity contribution >= 4 is 17.9 Å². The first-order chi connectivity index (χ1) is 37.0. The number of carbonyl (C=O) groups excluding carboxylic acids is 3. The minimum atomic E-state index is -0.847. The monoisotopic (exact) mass is 1030 g/mol. The largest absolute Gasteiger partial charge is 0.462 e. The van der Waals surface area contributed by atoms with Crippen molar-refractivity contribution in [1.82, 2.24) is 0 Å². The Morgan fingerprint density at radius 2 is 0.533 bits per heavy atom. The van der Waals surface area contributed by atoms with E-state index in [1.807, 2.05) is 0 Å². The molecule has 0 aromatic carbocycles. The van der Waals surface area contributed by atoms with Crippen LogP contribution in [0.4, 0.5) is 0 Å². The maximum atomic E-state index is 12.8. The molecule has 0 bridgehead atoms. The lowest BCUT2D eigenvalue weighted by atomic mass is 10.1. The average Bonchev–Trinajstić information content (AvgIpc) is 3.41. The predicted molar refractivity (Wildman–Crippen MR) is 324 cm³/mol. The van der Waals surface area contributed by atoms with Crippen LogP contribution in [0, 0.1) is 0 Å². The van der Waals surface area contributed by atoms with Gasteiger partial charge in [-0.2, -0.15) is 0 Å². The summed E-state index contributed by atoms with van der Waals surface area (Å²) in [5.41, 5.74) is 0. The molecule has 0 aromatic rings. The van der Waals surface area contributed by atoms with Crippen molar-refractivity contribution < 1.29 is 28.6 Å². The molecule has 0 radical (unpaired) electrons. The van der Waals surface area contributed by atoms with Crippen LogP contribution in [0.5, 0.6) is 0 Å². The molecule has 6 nitrogen and oxygen atoms in total. The number of hydrogen-bond acceptors (Lipinski definition) is 6. The average molecular weight is 1030 g/mol. The highest BCUT2D eigenvalue weighted by Crippen LogP contribution is 2.11. The topological polar surface area (TPSA) is 78.9 Å². The molecule has 0 aromatic heterocycles. The molecule has 0 saturated carbocycles. The minimum absolute atomic E-state index is 0.134. The van der Waals surface area contributed by atoms with Gasteiger partial charge in [0.15, 0.2) is 6.10 Å². The van der Waals surface area contributed by atoms with Gasteiger partial charge in [-0.25, -0.2) is 0 Å². The summed E-state index contributed by atoms with van der Waals surface area (Å²) >= 11 is 0. The zero-order chi connectivity index (χ0) is 54.3. The summed E-state index contributed by atoms with van der Waals surface area (Å²) in [5, 5.41) is 0. The molecule has 0 saturated heterocycles. The van der Waals surface area contributed by atoms with Crippen LogP contribution in [0.3, 0.4) is 0 Å². The van der Waals surface area contributed by atoms with Gasteiger partial charge in [0.05, 0.1) is 0 Å². The van der Waals surface area contributed by atoms with Crippen LogP contribution < -0.4 is 0 Å². The Morgan fingerprint density at radius 3 is 0.880 bits per heavy atom. The van der Waals surface area contributed by atoms with Crippen LogP contribution in [-0.4, -0.2) is 37.2 Å². The molecule has 0 rings (SSSR count). The maximum absolute atomic E-state index is 12.8. The summed E-state index contributed by atoms with van der Waals surface area (Å²) in [6.45, 7) is 6.24. The van der Waals surface area contributed by atoms with Gasteiger partial charge in [-0.1, -0.05) is 235 Å². The SMILES string of the molecule is CC/C=C\C/C=C\C/C=C\C/C=C\C/C=C\C/C=C\C/C=C\CCCC(=O)OCC(COC(=O)CCCCCCC/C=C\CCCC)OC(=O)CCC/C=C\C/C=C\C/C=C\C/C=C\C/C=C\C/C=C\C/C=C\CC. The summed E-state index contributed by atoms with van der Waals surface area (Å²) in [4.78, 5) is 38.1. The minimum Gasteiger partial charge on any atom is -0.462 e. The molecule has 0 aliphatic rings. The summed E-state index contributed by atoms with van der Waals surface area (Å²) < 4.78 is 16.7. The van der Waals surface area contributed by atoms with E-state index in [9.17, 15) is 14.4 Å². The lowest BCUT2D eigenvalue weighted by Gasteiger charge is -2.18. The van der Waals surface area contributed by atoms with Gasteiger partial charge in [0, 0.05) is 19.3 Å². The van der Waals surface area contributed by atoms with Gasteiger partial charge in [-0.15, -0.1) is 0 Å². The Kier molecular flexibility index (Phi) is 56.6. The fourth-order valence-electron chi connectivity index (χ4n) is 7.05. The molecule has 1 atom stereocenters. The molecule has 0 aliphatic heterocycles. The summed E-state index contributed by atoms with van der Waals surface area (Å²) in [7, 11) is 0. The number of allylic oxidation sites excluding steroid dienone is 30. The first kappa shape index (κ1) is 69.5. The van der Waals surface area contributed by atoms with Gasteiger partial charge in [-0.3, -0.25) is 14.4 Å². The Hall–Kier alpha value is -5.49. The highest BCUT2D eigenvalue weighted by atomic mass is 16.6. The van der Waals surface area contributed by atoms with E-state index in [0.29, 0.717) is 19.3 Å². The quantitative estimate of drug-likeness (QED) is 0.0261. The number of rotatable bonds is 50. The van der Waals surface area contributed by atoms with Crippen molar-refractivity contribution in [2.45, 2.75) is 219 Å². The first-order valence-corrected chi connectivity index (χ1v) is 29.3. The molecule has 416 valence electrons. The lowest BCUT2D eigenvalue weighted by molar-refractivity contribution is -0.167. The third-order valence-electron chi connectivity index (χ3n) is 11.4. The molecular weight excluding hydrogens is 925 g/mol. The van der Waals surface area contributed by atoms with Crippen molar-refractivity contribution in [2.24, 2.45) is 0 Å². The van der Waals surface area contributed by atoms with E-state index in [-0.39, 0.29) is 38.0 Å². The second-order valence-corrected chi connectivity index (χ2v) is 18.4. The zero-order valence-corrected chi connectivity index (χ0v) is 47.5. The van der Waals surface area contributed by atoms with E-state index in [1.165, 1.54) is 19.3 Å². The Morgan fingerprint density at radius 1 is 0.280 bits per heavy atom. The fraction of sp³-hybridized carbons (Fsp3) is 0.522. The van der Waals surface area contributed by atoms with Crippen molar-refractivity contribution in [3.63, 3.8) is 0 Å². The van der Waals surface area contributed by atoms with Crippen molar-refractivity contribution in [3.8, 4) is 0 Å². The van der Waals surface area contributed by atoms with E-state index >= 15 is 0 Å². The molecule has 0 spiro atoms. The smallest absolute Gasteiger partial charge is 0.306 e. The Bertz CT molecular complexity index is 1800. The van der Waals surface area contributed by atoms with Crippen molar-refractivity contribution in [3.05, 3.63) is 182 Å². The molecule has 0 fully saturated rings. The molecule has 6 heteroatoms. The third-order valence-corrected chi connectivity index (χ3v) is 11.4. The Labute approximate surface area is 459 Å².